The van der Waals surface area contributed by atoms with Crippen LogP contribution in [0.4, 0.5) is 0 Å². The normalized spacial score (nSPS) is 13.2. The van der Waals surface area contributed by atoms with Crippen molar-refractivity contribution in [3.63, 3.8) is 0 Å². The van der Waals surface area contributed by atoms with E-state index in [1.165, 1.54) is 17.6 Å². The molecule has 1 aromatic carbocycles. The molecule has 0 fully saturated rings. The third-order valence-electron chi connectivity index (χ3n) is 3.04. The molecule has 0 radical (unpaired) electrons. The number of rotatable bonds is 7. The number of carbonyl (C=O) groups excluding carboxylic acids is 1. The van der Waals surface area contributed by atoms with Gasteiger partial charge in [0.25, 0.3) is 5.91 Å². The molecule has 21 heavy (non-hydrogen) atoms. The molecule has 0 saturated heterocycles. The summed E-state index contributed by atoms with van der Waals surface area (Å²) in [6.07, 6.45) is 1.87. The van der Waals surface area contributed by atoms with Crippen molar-refractivity contribution >= 4 is 5.91 Å². The summed E-state index contributed by atoms with van der Waals surface area (Å²) < 4.78 is 5.24. The Morgan fingerprint density at radius 1 is 1.38 bits per heavy atom. The van der Waals surface area contributed by atoms with E-state index in [0.29, 0.717) is 11.3 Å². The lowest BCUT2D eigenvalue weighted by molar-refractivity contribution is -0.124. The van der Waals surface area contributed by atoms with Crippen LogP contribution in [0, 0.1) is 5.41 Å². The lowest BCUT2D eigenvalue weighted by Crippen LogP contribution is -2.22. The number of hydrogen-bond donors (Lipinski definition) is 4. The fourth-order valence-corrected chi connectivity index (χ4v) is 1.76. The minimum atomic E-state index is -0.827. The summed E-state index contributed by atoms with van der Waals surface area (Å²) in [5, 5.41) is 27.5. The molecule has 116 valence electrons. The second kappa shape index (κ2) is 7.78. The summed E-state index contributed by atoms with van der Waals surface area (Å²) in [4.78, 5) is 11.0. The van der Waals surface area contributed by atoms with Gasteiger partial charge >= 0.3 is 0 Å². The second-order valence-electron chi connectivity index (χ2n) is 5.17. The van der Waals surface area contributed by atoms with Gasteiger partial charge < -0.3 is 14.9 Å². The standard InChI is InChI=1S/C15H21NO5/c1-15(2,8-7-13(18)16-20)14(19)11-3-5-12(6-4-11)21-10-9-17/h3-8,14,17,19-20H,9-10H2,1-2H3,(H,16,18)/b8-7+/t14-/m0/s1. The fourth-order valence-electron chi connectivity index (χ4n) is 1.76. The van der Waals surface area contributed by atoms with Crippen molar-refractivity contribution in [3.05, 3.63) is 42.0 Å². The van der Waals surface area contributed by atoms with E-state index in [0.717, 1.165) is 0 Å². The third kappa shape index (κ3) is 5.18. The van der Waals surface area contributed by atoms with Gasteiger partial charge in [-0.1, -0.05) is 32.1 Å². The molecule has 0 unspecified atom stereocenters. The topological polar surface area (TPSA) is 99.0 Å². The smallest absolute Gasteiger partial charge is 0.267 e. The first kappa shape index (κ1) is 17.2. The van der Waals surface area contributed by atoms with Crippen LogP contribution >= 0.6 is 0 Å². The summed E-state index contributed by atoms with van der Waals surface area (Å²) >= 11 is 0. The second-order valence-corrected chi connectivity index (χ2v) is 5.17. The first-order chi connectivity index (χ1) is 9.90. The molecule has 1 amide bonds. The Morgan fingerprint density at radius 3 is 2.52 bits per heavy atom. The van der Waals surface area contributed by atoms with Gasteiger partial charge in [0.15, 0.2) is 0 Å². The van der Waals surface area contributed by atoms with Gasteiger partial charge in [0.1, 0.15) is 12.4 Å². The zero-order chi connectivity index (χ0) is 15.9. The van der Waals surface area contributed by atoms with Crippen molar-refractivity contribution in [1.29, 1.82) is 0 Å². The molecular formula is C15H21NO5. The maximum atomic E-state index is 11.0. The Balaban J connectivity index is 2.79. The fraction of sp³-hybridized carbons (Fsp3) is 0.400. The van der Waals surface area contributed by atoms with Crippen LogP contribution in [-0.4, -0.2) is 34.5 Å². The Hall–Kier alpha value is -1.89. The van der Waals surface area contributed by atoms with Crippen LogP contribution in [0.5, 0.6) is 5.75 Å². The lowest BCUT2D eigenvalue weighted by Gasteiger charge is -2.27. The lowest BCUT2D eigenvalue weighted by atomic mass is 9.82. The number of hydrogen-bond acceptors (Lipinski definition) is 5. The van der Waals surface area contributed by atoms with Gasteiger partial charge in [-0.05, 0) is 17.7 Å². The number of nitrogens with one attached hydrogen (secondary N) is 1. The minimum Gasteiger partial charge on any atom is -0.491 e. The molecule has 1 rings (SSSR count). The summed E-state index contributed by atoms with van der Waals surface area (Å²) in [5.41, 5.74) is 1.48. The van der Waals surface area contributed by atoms with Crippen molar-refractivity contribution in [3.8, 4) is 5.75 Å². The van der Waals surface area contributed by atoms with E-state index in [9.17, 15) is 9.90 Å². The van der Waals surface area contributed by atoms with Crippen LogP contribution < -0.4 is 10.2 Å². The highest BCUT2D eigenvalue weighted by Gasteiger charge is 2.26. The van der Waals surface area contributed by atoms with E-state index in [1.54, 1.807) is 38.1 Å². The van der Waals surface area contributed by atoms with Crippen molar-refractivity contribution in [2.75, 3.05) is 13.2 Å². The molecule has 0 saturated carbocycles. The Labute approximate surface area is 123 Å². The molecule has 0 aromatic heterocycles. The van der Waals surface area contributed by atoms with Gasteiger partial charge in [0.2, 0.25) is 0 Å². The van der Waals surface area contributed by atoms with E-state index < -0.39 is 17.4 Å². The average molecular weight is 295 g/mol. The summed E-state index contributed by atoms with van der Waals surface area (Å²) in [7, 11) is 0. The Morgan fingerprint density at radius 2 is 2.00 bits per heavy atom. The molecule has 0 aliphatic heterocycles. The average Bonchev–Trinajstić information content (AvgIpc) is 2.50. The van der Waals surface area contributed by atoms with Gasteiger partial charge in [-0.2, -0.15) is 0 Å². The highest BCUT2D eigenvalue weighted by atomic mass is 16.5. The van der Waals surface area contributed by atoms with E-state index in [-0.39, 0.29) is 13.2 Å². The summed E-state index contributed by atoms with van der Waals surface area (Å²) in [6.45, 7) is 3.70. The zero-order valence-corrected chi connectivity index (χ0v) is 12.1. The molecule has 0 aliphatic carbocycles. The van der Waals surface area contributed by atoms with Gasteiger partial charge in [-0.15, -0.1) is 0 Å². The molecule has 6 heteroatoms. The van der Waals surface area contributed by atoms with Crippen LogP contribution in [0.3, 0.4) is 0 Å². The predicted octanol–water partition coefficient (Wildman–Crippen LogP) is 1.18. The van der Waals surface area contributed by atoms with Crippen LogP contribution in [0.1, 0.15) is 25.5 Å². The number of ether oxygens (including phenoxy) is 1. The molecule has 0 bridgehead atoms. The highest BCUT2D eigenvalue weighted by molar-refractivity contribution is 5.86. The molecular weight excluding hydrogens is 274 g/mol. The molecule has 0 aliphatic rings. The van der Waals surface area contributed by atoms with Crippen molar-refractivity contribution in [1.82, 2.24) is 5.48 Å². The summed E-state index contributed by atoms with van der Waals surface area (Å²) in [5.74, 6) is -0.0453. The summed E-state index contributed by atoms with van der Waals surface area (Å²) in [6, 6.07) is 6.85. The van der Waals surface area contributed by atoms with Gasteiger partial charge in [-0.25, -0.2) is 5.48 Å². The van der Waals surface area contributed by atoms with E-state index in [2.05, 4.69) is 0 Å². The zero-order valence-electron chi connectivity index (χ0n) is 12.1. The minimum absolute atomic E-state index is 0.0604. The molecule has 0 heterocycles. The third-order valence-corrected chi connectivity index (χ3v) is 3.04. The maximum Gasteiger partial charge on any atom is 0.267 e. The molecule has 1 aromatic rings. The van der Waals surface area contributed by atoms with Crippen LogP contribution in [0.25, 0.3) is 0 Å². The van der Waals surface area contributed by atoms with Crippen LogP contribution in [0.2, 0.25) is 0 Å². The quantitative estimate of drug-likeness (QED) is 0.344. The molecule has 4 N–H and O–H groups in total. The maximum absolute atomic E-state index is 11.0. The predicted molar refractivity (Wildman–Crippen MR) is 76.8 cm³/mol. The van der Waals surface area contributed by atoms with Crippen molar-refractivity contribution in [2.24, 2.45) is 5.41 Å². The highest BCUT2D eigenvalue weighted by Crippen LogP contribution is 2.35. The number of amides is 1. The molecule has 0 spiro atoms. The van der Waals surface area contributed by atoms with E-state index >= 15 is 0 Å². The van der Waals surface area contributed by atoms with Gasteiger partial charge in [0, 0.05) is 11.5 Å². The molecule has 1 atom stereocenters. The number of hydroxylamine groups is 1. The first-order valence-corrected chi connectivity index (χ1v) is 6.55. The number of aliphatic hydroxyl groups is 2. The van der Waals surface area contributed by atoms with E-state index in [1.807, 2.05) is 0 Å². The number of carbonyl (C=O) groups is 1. The SMILES string of the molecule is CC(C)(/C=C/C(=O)NO)[C@@H](O)c1ccc(OCCO)cc1. The molecule has 6 nitrogen and oxygen atoms in total. The van der Waals surface area contributed by atoms with Crippen LogP contribution in [0.15, 0.2) is 36.4 Å². The first-order valence-electron chi connectivity index (χ1n) is 6.55. The largest absolute Gasteiger partial charge is 0.491 e. The Kier molecular flexibility index (Phi) is 6.36. The van der Waals surface area contributed by atoms with Crippen molar-refractivity contribution < 1.29 is 25.0 Å². The Bertz CT molecular complexity index is 481. The monoisotopic (exact) mass is 295 g/mol. The number of aliphatic hydroxyl groups excluding tert-OH is 2. The van der Waals surface area contributed by atoms with E-state index in [4.69, 9.17) is 15.1 Å². The van der Waals surface area contributed by atoms with Crippen molar-refractivity contribution in [2.45, 2.75) is 20.0 Å². The van der Waals surface area contributed by atoms with Gasteiger partial charge in [0.05, 0.1) is 12.7 Å². The van der Waals surface area contributed by atoms with Gasteiger partial charge in [-0.3, -0.25) is 10.0 Å². The van der Waals surface area contributed by atoms with Crippen LogP contribution in [-0.2, 0) is 4.79 Å². The number of benzene rings is 1.